The van der Waals surface area contributed by atoms with Gasteiger partial charge in [0.1, 0.15) is 11.5 Å². The highest BCUT2D eigenvalue weighted by atomic mass is 16.3. The first-order chi connectivity index (χ1) is 12.2. The largest absolute Gasteiger partial charge is 0.464 e. The molecule has 136 valence electrons. The Labute approximate surface area is 151 Å². The highest BCUT2D eigenvalue weighted by molar-refractivity contribution is 5.76. The molecule has 0 spiro atoms. The zero-order chi connectivity index (χ0) is 17.9. The number of carbonyl (C=O) groups is 1. The van der Waals surface area contributed by atoms with E-state index in [0.717, 1.165) is 24.5 Å². The number of benzene rings is 1. The summed E-state index contributed by atoms with van der Waals surface area (Å²) >= 11 is 0. The zero-order valence-corrected chi connectivity index (χ0v) is 15.5. The maximum Gasteiger partial charge on any atom is 0.278 e. The van der Waals surface area contributed by atoms with Crippen molar-refractivity contribution < 1.29 is 14.5 Å². The Morgan fingerprint density at radius 1 is 1.12 bits per heavy atom. The lowest BCUT2D eigenvalue weighted by Gasteiger charge is -2.21. The van der Waals surface area contributed by atoms with Crippen LogP contribution in [0.25, 0.3) is 0 Å². The van der Waals surface area contributed by atoms with Gasteiger partial charge >= 0.3 is 0 Å². The first kappa shape index (κ1) is 19.3. The molecule has 0 aliphatic carbocycles. The maximum absolute atomic E-state index is 12.7. The van der Waals surface area contributed by atoms with Crippen LogP contribution in [0.15, 0.2) is 46.9 Å². The molecule has 1 amide bonds. The number of hydrogen-bond donors (Lipinski definition) is 1. The summed E-state index contributed by atoms with van der Waals surface area (Å²) in [6, 6.07) is 14.2. The van der Waals surface area contributed by atoms with Crippen molar-refractivity contribution in [3.8, 4) is 0 Å². The molecular weight excluding hydrogens is 312 g/mol. The van der Waals surface area contributed by atoms with E-state index in [1.165, 1.54) is 24.8 Å². The van der Waals surface area contributed by atoms with E-state index in [-0.39, 0.29) is 5.91 Å². The number of hydrogen-bond acceptors (Lipinski definition) is 2. The fourth-order valence-electron chi connectivity index (χ4n) is 2.85. The summed E-state index contributed by atoms with van der Waals surface area (Å²) in [6.07, 6.45) is 4.48. The van der Waals surface area contributed by atoms with Crippen molar-refractivity contribution in [3.05, 3.63) is 59.5 Å². The van der Waals surface area contributed by atoms with E-state index in [1.54, 1.807) is 0 Å². The van der Waals surface area contributed by atoms with Gasteiger partial charge in [0.15, 0.2) is 6.54 Å². The minimum Gasteiger partial charge on any atom is -0.464 e. The molecule has 0 fully saturated rings. The smallest absolute Gasteiger partial charge is 0.278 e. The number of rotatable bonds is 11. The number of furan rings is 1. The summed E-state index contributed by atoms with van der Waals surface area (Å²) in [5.41, 5.74) is 1.25. The van der Waals surface area contributed by atoms with Gasteiger partial charge in [0.2, 0.25) is 0 Å². The molecule has 0 atom stereocenters. The average Bonchev–Trinajstić information content (AvgIpc) is 3.04. The molecule has 4 heteroatoms. The van der Waals surface area contributed by atoms with E-state index in [0.29, 0.717) is 19.6 Å². The van der Waals surface area contributed by atoms with Crippen LogP contribution in [0, 0.1) is 6.92 Å². The van der Waals surface area contributed by atoms with Crippen LogP contribution in [0.3, 0.4) is 0 Å². The predicted molar refractivity (Wildman–Crippen MR) is 100 cm³/mol. The van der Waals surface area contributed by atoms with Crippen LogP contribution < -0.4 is 5.32 Å². The summed E-state index contributed by atoms with van der Waals surface area (Å²) in [4.78, 5) is 14.6. The Balaban J connectivity index is 1.89. The summed E-state index contributed by atoms with van der Waals surface area (Å²) in [7, 11) is 0. The predicted octanol–water partition coefficient (Wildman–Crippen LogP) is 2.91. The highest BCUT2D eigenvalue weighted by Crippen LogP contribution is 2.11. The number of nitrogens with zero attached hydrogens (tertiary/aromatic N) is 1. The van der Waals surface area contributed by atoms with Crippen LogP contribution in [0.5, 0.6) is 0 Å². The normalized spacial score (nSPS) is 10.8. The number of quaternary nitrogens is 1. The molecule has 2 N–H and O–H groups in total. The second kappa shape index (κ2) is 10.7. The van der Waals surface area contributed by atoms with Crippen LogP contribution in [0.4, 0.5) is 0 Å². The SMILES string of the molecule is CCCCC[NH2+]CC(=O)N(CCc1ccccc1)Cc1ccc(C)o1. The minimum atomic E-state index is 0.182. The highest BCUT2D eigenvalue weighted by Gasteiger charge is 2.17. The van der Waals surface area contributed by atoms with Crippen molar-refractivity contribution >= 4 is 5.91 Å². The number of nitrogens with two attached hydrogens (primary N) is 1. The van der Waals surface area contributed by atoms with Crippen molar-refractivity contribution in [3.63, 3.8) is 0 Å². The van der Waals surface area contributed by atoms with Crippen LogP contribution >= 0.6 is 0 Å². The molecule has 25 heavy (non-hydrogen) atoms. The lowest BCUT2D eigenvalue weighted by molar-refractivity contribution is -0.645. The third-order valence-electron chi connectivity index (χ3n) is 4.34. The van der Waals surface area contributed by atoms with Crippen LogP contribution in [-0.4, -0.2) is 30.4 Å². The fourth-order valence-corrected chi connectivity index (χ4v) is 2.85. The molecule has 0 saturated heterocycles. The average molecular weight is 343 g/mol. The number of carbonyl (C=O) groups excluding carboxylic acids is 1. The van der Waals surface area contributed by atoms with Gasteiger partial charge in [0, 0.05) is 6.54 Å². The molecule has 2 aromatic rings. The molecule has 0 radical (unpaired) electrons. The number of amides is 1. The third kappa shape index (κ3) is 7.14. The second-order valence-electron chi connectivity index (χ2n) is 6.55. The van der Waals surface area contributed by atoms with Crippen molar-refractivity contribution in [1.29, 1.82) is 0 Å². The Kier molecular flexibility index (Phi) is 8.26. The van der Waals surface area contributed by atoms with Gasteiger partial charge in [-0.25, -0.2) is 0 Å². The van der Waals surface area contributed by atoms with Gasteiger partial charge in [-0.2, -0.15) is 0 Å². The molecule has 0 saturated carbocycles. The van der Waals surface area contributed by atoms with Gasteiger partial charge in [0.25, 0.3) is 5.91 Å². The van der Waals surface area contributed by atoms with E-state index < -0.39 is 0 Å². The van der Waals surface area contributed by atoms with Gasteiger partial charge in [-0.15, -0.1) is 0 Å². The van der Waals surface area contributed by atoms with E-state index in [2.05, 4.69) is 24.4 Å². The van der Waals surface area contributed by atoms with E-state index in [9.17, 15) is 4.79 Å². The van der Waals surface area contributed by atoms with Gasteiger partial charge in [0.05, 0.1) is 13.1 Å². The first-order valence-electron chi connectivity index (χ1n) is 9.37. The Morgan fingerprint density at radius 2 is 1.92 bits per heavy atom. The zero-order valence-electron chi connectivity index (χ0n) is 15.5. The van der Waals surface area contributed by atoms with Crippen molar-refractivity contribution in [1.82, 2.24) is 4.90 Å². The van der Waals surface area contributed by atoms with Gasteiger partial charge in [-0.05, 0) is 43.9 Å². The Hall–Kier alpha value is -2.07. The fraction of sp³-hybridized carbons (Fsp3) is 0.476. The molecule has 0 unspecified atom stereocenters. The summed E-state index contributed by atoms with van der Waals surface area (Å²) in [5, 5.41) is 2.13. The molecule has 0 aliphatic heterocycles. The Bertz CT molecular complexity index is 622. The van der Waals surface area contributed by atoms with Crippen molar-refractivity contribution in [2.45, 2.75) is 46.1 Å². The third-order valence-corrected chi connectivity index (χ3v) is 4.34. The molecule has 0 bridgehead atoms. The first-order valence-corrected chi connectivity index (χ1v) is 9.37. The summed E-state index contributed by atoms with van der Waals surface area (Å²) < 4.78 is 5.67. The quantitative estimate of drug-likeness (QED) is 0.638. The lowest BCUT2D eigenvalue weighted by Crippen LogP contribution is -2.86. The van der Waals surface area contributed by atoms with Crippen LogP contribution in [-0.2, 0) is 17.8 Å². The van der Waals surface area contributed by atoms with Gasteiger partial charge in [-0.1, -0.05) is 43.7 Å². The lowest BCUT2D eigenvalue weighted by atomic mass is 10.1. The number of unbranched alkanes of at least 4 members (excludes halogenated alkanes) is 2. The molecule has 4 nitrogen and oxygen atoms in total. The van der Waals surface area contributed by atoms with Crippen LogP contribution in [0.1, 0.15) is 43.3 Å². The molecule has 0 aliphatic rings. The molecule has 1 aromatic carbocycles. The molecule has 1 aromatic heterocycles. The van der Waals surface area contributed by atoms with E-state index in [1.807, 2.05) is 42.2 Å². The van der Waals surface area contributed by atoms with Crippen molar-refractivity contribution in [2.75, 3.05) is 19.6 Å². The molecular formula is C21H31N2O2+. The Morgan fingerprint density at radius 3 is 2.60 bits per heavy atom. The molecule has 1 heterocycles. The summed E-state index contributed by atoms with van der Waals surface area (Å²) in [6.45, 7) is 6.92. The van der Waals surface area contributed by atoms with E-state index >= 15 is 0 Å². The van der Waals surface area contributed by atoms with Gasteiger partial charge < -0.3 is 14.6 Å². The second-order valence-corrected chi connectivity index (χ2v) is 6.55. The summed E-state index contributed by atoms with van der Waals surface area (Å²) in [5.74, 6) is 1.92. The maximum atomic E-state index is 12.7. The molecule has 2 rings (SSSR count). The van der Waals surface area contributed by atoms with E-state index in [4.69, 9.17) is 4.42 Å². The standard InChI is InChI=1S/C21H30N2O2/c1-3-4-8-14-22-16-21(24)23(17-20-12-11-18(2)25-20)15-13-19-9-6-5-7-10-19/h5-7,9-12,22H,3-4,8,13-17H2,1-2H3/p+1. The van der Waals surface area contributed by atoms with Crippen LogP contribution in [0.2, 0.25) is 0 Å². The van der Waals surface area contributed by atoms with Gasteiger partial charge in [-0.3, -0.25) is 4.79 Å². The monoisotopic (exact) mass is 343 g/mol. The van der Waals surface area contributed by atoms with Crippen molar-refractivity contribution in [2.24, 2.45) is 0 Å². The minimum absolute atomic E-state index is 0.182. The number of aryl methyl sites for hydroxylation is 1. The topological polar surface area (TPSA) is 50.1 Å².